The van der Waals surface area contributed by atoms with Gasteiger partial charge in [-0.15, -0.1) is 0 Å². The monoisotopic (exact) mass is 294 g/mol. The largest absolute Gasteiger partial charge is 0.467 e. The van der Waals surface area contributed by atoms with Crippen molar-refractivity contribution in [3.8, 4) is 0 Å². The van der Waals surface area contributed by atoms with Crippen molar-refractivity contribution >= 4 is 5.91 Å². The van der Waals surface area contributed by atoms with Gasteiger partial charge in [0.05, 0.1) is 18.8 Å². The number of carbonyl (C=O) groups is 1. The SMILES string of the molecule is CC(NC(=O)CN(C)CCN1CCNCC1)c1ccco1. The van der Waals surface area contributed by atoms with E-state index in [1.165, 1.54) is 0 Å². The molecule has 6 heteroatoms. The Morgan fingerprint density at radius 3 is 2.95 bits per heavy atom. The summed E-state index contributed by atoms with van der Waals surface area (Å²) in [6.45, 7) is 8.57. The lowest BCUT2D eigenvalue weighted by atomic mass is 10.2. The minimum Gasteiger partial charge on any atom is -0.467 e. The smallest absolute Gasteiger partial charge is 0.234 e. The molecular weight excluding hydrogens is 268 g/mol. The second kappa shape index (κ2) is 8.17. The Bertz CT molecular complexity index is 415. The topological polar surface area (TPSA) is 60.8 Å². The average molecular weight is 294 g/mol. The number of piperazine rings is 1. The summed E-state index contributed by atoms with van der Waals surface area (Å²) >= 11 is 0. The highest BCUT2D eigenvalue weighted by Crippen LogP contribution is 2.11. The van der Waals surface area contributed by atoms with Crippen LogP contribution < -0.4 is 10.6 Å². The maximum Gasteiger partial charge on any atom is 0.234 e. The first-order valence-electron chi connectivity index (χ1n) is 7.59. The van der Waals surface area contributed by atoms with Gasteiger partial charge in [0.15, 0.2) is 0 Å². The third-order valence-electron chi connectivity index (χ3n) is 3.77. The highest BCUT2D eigenvalue weighted by Gasteiger charge is 2.14. The molecule has 2 N–H and O–H groups in total. The summed E-state index contributed by atoms with van der Waals surface area (Å²) < 4.78 is 5.29. The van der Waals surface area contributed by atoms with Crippen molar-refractivity contribution in [2.75, 3.05) is 52.9 Å². The number of likely N-dealkylation sites (N-methyl/N-ethyl adjacent to an activating group) is 1. The van der Waals surface area contributed by atoms with E-state index in [9.17, 15) is 4.79 Å². The van der Waals surface area contributed by atoms with Crippen LogP contribution in [-0.4, -0.2) is 68.6 Å². The lowest BCUT2D eigenvalue weighted by Crippen LogP contribution is -2.46. The van der Waals surface area contributed by atoms with Crippen molar-refractivity contribution in [2.45, 2.75) is 13.0 Å². The minimum atomic E-state index is -0.0888. The summed E-state index contributed by atoms with van der Waals surface area (Å²) in [5, 5.41) is 6.29. The molecule has 21 heavy (non-hydrogen) atoms. The van der Waals surface area contributed by atoms with Crippen LogP contribution in [0, 0.1) is 0 Å². The number of nitrogens with zero attached hydrogens (tertiary/aromatic N) is 2. The molecular formula is C15H26N4O2. The summed E-state index contributed by atoms with van der Waals surface area (Å²) in [5.74, 6) is 0.813. The van der Waals surface area contributed by atoms with Gasteiger partial charge in [-0.25, -0.2) is 0 Å². The second-order valence-electron chi connectivity index (χ2n) is 5.63. The van der Waals surface area contributed by atoms with Crippen LogP contribution >= 0.6 is 0 Å². The summed E-state index contributed by atoms with van der Waals surface area (Å²) in [5.41, 5.74) is 0. The molecule has 0 bridgehead atoms. The van der Waals surface area contributed by atoms with Crippen LogP contribution in [0.25, 0.3) is 0 Å². The summed E-state index contributed by atoms with van der Waals surface area (Å²) in [7, 11) is 1.99. The molecule has 1 atom stereocenters. The van der Waals surface area contributed by atoms with Crippen LogP contribution in [-0.2, 0) is 4.79 Å². The average Bonchev–Trinajstić information content (AvgIpc) is 3.00. The Morgan fingerprint density at radius 1 is 1.52 bits per heavy atom. The van der Waals surface area contributed by atoms with Crippen LogP contribution in [0.1, 0.15) is 18.7 Å². The number of nitrogens with one attached hydrogen (secondary N) is 2. The van der Waals surface area contributed by atoms with E-state index in [4.69, 9.17) is 4.42 Å². The quantitative estimate of drug-likeness (QED) is 0.757. The van der Waals surface area contributed by atoms with E-state index < -0.39 is 0 Å². The number of carbonyl (C=O) groups excluding carboxylic acids is 1. The van der Waals surface area contributed by atoms with Crippen molar-refractivity contribution in [2.24, 2.45) is 0 Å². The van der Waals surface area contributed by atoms with Gasteiger partial charge in [0.1, 0.15) is 5.76 Å². The molecule has 1 aliphatic heterocycles. The van der Waals surface area contributed by atoms with Crippen LogP contribution in [0.5, 0.6) is 0 Å². The van der Waals surface area contributed by atoms with E-state index in [0.717, 1.165) is 45.0 Å². The van der Waals surface area contributed by atoms with E-state index in [1.54, 1.807) is 6.26 Å². The Hall–Kier alpha value is -1.37. The first kappa shape index (κ1) is 16.0. The third kappa shape index (κ3) is 5.49. The lowest BCUT2D eigenvalue weighted by molar-refractivity contribution is -0.122. The Balaban J connectivity index is 1.64. The molecule has 1 fully saturated rings. The predicted molar refractivity (Wildman–Crippen MR) is 82.1 cm³/mol. The minimum absolute atomic E-state index is 0.0294. The third-order valence-corrected chi connectivity index (χ3v) is 3.77. The van der Waals surface area contributed by atoms with Crippen molar-refractivity contribution in [1.29, 1.82) is 0 Å². The molecule has 118 valence electrons. The van der Waals surface area contributed by atoms with Crippen LogP contribution in [0.15, 0.2) is 22.8 Å². The summed E-state index contributed by atoms with van der Waals surface area (Å²) in [4.78, 5) is 16.5. The van der Waals surface area contributed by atoms with E-state index in [0.29, 0.717) is 6.54 Å². The fourth-order valence-corrected chi connectivity index (χ4v) is 2.47. The van der Waals surface area contributed by atoms with Gasteiger partial charge in [0, 0.05) is 39.3 Å². The first-order valence-corrected chi connectivity index (χ1v) is 7.59. The number of amides is 1. The molecule has 2 heterocycles. The maximum absolute atomic E-state index is 12.0. The van der Waals surface area contributed by atoms with Gasteiger partial charge in [-0.05, 0) is 26.1 Å². The molecule has 0 spiro atoms. The molecule has 0 radical (unpaired) electrons. The molecule has 1 unspecified atom stereocenters. The van der Waals surface area contributed by atoms with Gasteiger partial charge >= 0.3 is 0 Å². The zero-order chi connectivity index (χ0) is 15.1. The van der Waals surface area contributed by atoms with E-state index >= 15 is 0 Å². The Labute approximate surface area is 126 Å². The van der Waals surface area contributed by atoms with Crippen LogP contribution in [0.2, 0.25) is 0 Å². The fraction of sp³-hybridized carbons (Fsp3) is 0.667. The van der Waals surface area contributed by atoms with Gasteiger partial charge in [0.25, 0.3) is 0 Å². The summed E-state index contributed by atoms with van der Waals surface area (Å²) in [6.07, 6.45) is 1.62. The van der Waals surface area contributed by atoms with Gasteiger partial charge < -0.3 is 15.1 Å². The molecule has 0 aliphatic carbocycles. The molecule has 1 aromatic heterocycles. The number of furan rings is 1. The lowest BCUT2D eigenvalue weighted by Gasteiger charge is -2.29. The molecule has 1 aromatic rings. The van der Waals surface area contributed by atoms with Crippen LogP contribution in [0.3, 0.4) is 0 Å². The molecule has 2 rings (SSSR count). The zero-order valence-corrected chi connectivity index (χ0v) is 13.0. The predicted octanol–water partition coefficient (Wildman–Crippen LogP) is 0.294. The normalized spacial score (nSPS) is 17.9. The molecule has 6 nitrogen and oxygen atoms in total. The van der Waals surface area contributed by atoms with Gasteiger partial charge in [-0.1, -0.05) is 0 Å². The summed E-state index contributed by atoms with van der Waals surface area (Å²) in [6, 6.07) is 3.62. The van der Waals surface area contributed by atoms with Gasteiger partial charge in [-0.2, -0.15) is 0 Å². The van der Waals surface area contributed by atoms with Gasteiger partial charge in [-0.3, -0.25) is 14.6 Å². The molecule has 1 aliphatic rings. The van der Waals surface area contributed by atoms with Crippen molar-refractivity contribution in [1.82, 2.24) is 20.4 Å². The highest BCUT2D eigenvalue weighted by molar-refractivity contribution is 5.78. The zero-order valence-electron chi connectivity index (χ0n) is 13.0. The van der Waals surface area contributed by atoms with Crippen molar-refractivity contribution in [3.05, 3.63) is 24.2 Å². The standard InChI is InChI=1S/C15H26N4O2/c1-13(14-4-3-11-21-14)17-15(20)12-18(2)9-10-19-7-5-16-6-8-19/h3-4,11,13,16H,5-10,12H2,1-2H3,(H,17,20). The van der Waals surface area contributed by atoms with Crippen LogP contribution in [0.4, 0.5) is 0 Å². The molecule has 1 saturated heterocycles. The molecule has 0 saturated carbocycles. The molecule has 1 amide bonds. The Kier molecular flexibility index (Phi) is 6.22. The van der Waals surface area contributed by atoms with E-state index in [1.807, 2.05) is 26.1 Å². The number of hydrogen-bond acceptors (Lipinski definition) is 5. The number of rotatable bonds is 7. The number of hydrogen-bond donors (Lipinski definition) is 2. The van der Waals surface area contributed by atoms with Crippen molar-refractivity contribution in [3.63, 3.8) is 0 Å². The van der Waals surface area contributed by atoms with Gasteiger partial charge in [0.2, 0.25) is 5.91 Å². The maximum atomic E-state index is 12.0. The fourth-order valence-electron chi connectivity index (χ4n) is 2.47. The van der Waals surface area contributed by atoms with Crippen molar-refractivity contribution < 1.29 is 9.21 Å². The highest BCUT2D eigenvalue weighted by atomic mass is 16.3. The van der Waals surface area contributed by atoms with E-state index in [-0.39, 0.29) is 11.9 Å². The van der Waals surface area contributed by atoms with E-state index in [2.05, 4.69) is 20.4 Å². The molecule has 0 aromatic carbocycles. The Morgan fingerprint density at radius 2 is 2.29 bits per heavy atom. The first-order chi connectivity index (χ1) is 10.1. The second-order valence-corrected chi connectivity index (χ2v) is 5.63.